The zero-order chi connectivity index (χ0) is 19.6. The van der Waals surface area contributed by atoms with E-state index >= 15 is 0 Å². The van der Waals surface area contributed by atoms with Crippen LogP contribution >= 0.6 is 0 Å². The van der Waals surface area contributed by atoms with Crippen molar-refractivity contribution in [3.63, 3.8) is 0 Å². The number of likely N-dealkylation sites (N-methyl/N-ethyl adjacent to an activating group) is 1. The molecule has 2 aromatic carbocycles. The molecule has 0 radical (unpaired) electrons. The third-order valence-corrected chi connectivity index (χ3v) is 3.94. The van der Waals surface area contributed by atoms with Crippen LogP contribution in [0.5, 0.6) is 5.75 Å². The monoisotopic (exact) mass is 376 g/mol. The molecule has 1 aliphatic heterocycles. The lowest BCUT2D eigenvalue weighted by atomic mass is 10.1. The molecule has 0 spiro atoms. The van der Waals surface area contributed by atoms with E-state index in [4.69, 9.17) is 4.74 Å². The van der Waals surface area contributed by atoms with Crippen molar-refractivity contribution >= 4 is 29.3 Å². The molecule has 0 saturated heterocycles. The lowest BCUT2D eigenvalue weighted by molar-refractivity contribution is -0.121. The van der Waals surface area contributed by atoms with Gasteiger partial charge in [0.05, 0.1) is 5.69 Å². The Labute approximate surface area is 153 Å². The molecule has 27 heavy (non-hydrogen) atoms. The Morgan fingerprint density at radius 2 is 1.89 bits per heavy atom. The Kier molecular flexibility index (Phi) is 4.89. The van der Waals surface area contributed by atoms with Crippen LogP contribution in [0.15, 0.2) is 48.5 Å². The van der Waals surface area contributed by atoms with E-state index in [0.29, 0.717) is 22.7 Å². The Bertz CT molecular complexity index is 905. The minimum atomic E-state index is -4.39. The number of alkyl halides is 3. The van der Waals surface area contributed by atoms with Crippen LogP contribution in [0.4, 0.5) is 24.5 Å². The molecular formula is C19H15F3N2O3. The van der Waals surface area contributed by atoms with Gasteiger partial charge in [-0.25, -0.2) is 0 Å². The summed E-state index contributed by atoms with van der Waals surface area (Å²) < 4.78 is 41.9. The number of amides is 2. The number of fused-ring (bicyclic) bond motifs is 1. The van der Waals surface area contributed by atoms with Gasteiger partial charge in [-0.1, -0.05) is 18.2 Å². The van der Waals surface area contributed by atoms with Crippen molar-refractivity contribution in [2.24, 2.45) is 0 Å². The minimum Gasteiger partial charge on any atom is -0.482 e. The lowest BCUT2D eigenvalue weighted by Crippen LogP contribution is -2.35. The van der Waals surface area contributed by atoms with Gasteiger partial charge in [-0.2, -0.15) is 13.2 Å². The maximum atomic E-state index is 12.3. The van der Waals surface area contributed by atoms with E-state index in [0.717, 1.165) is 6.08 Å². The average molecular weight is 376 g/mol. The quantitative estimate of drug-likeness (QED) is 0.885. The summed E-state index contributed by atoms with van der Waals surface area (Å²) >= 11 is 0. The molecule has 1 N–H and O–H groups in total. The van der Waals surface area contributed by atoms with E-state index in [9.17, 15) is 22.8 Å². The topological polar surface area (TPSA) is 58.6 Å². The van der Waals surface area contributed by atoms with Gasteiger partial charge in [0.15, 0.2) is 6.61 Å². The van der Waals surface area contributed by atoms with Crippen molar-refractivity contribution in [1.29, 1.82) is 0 Å². The highest BCUT2D eigenvalue weighted by atomic mass is 19.4. The van der Waals surface area contributed by atoms with Gasteiger partial charge < -0.3 is 15.0 Å². The first-order chi connectivity index (χ1) is 12.7. The number of rotatable bonds is 3. The summed E-state index contributed by atoms with van der Waals surface area (Å²) in [5.41, 5.74) is 1.62. The second kappa shape index (κ2) is 7.14. The second-order valence-electron chi connectivity index (χ2n) is 5.88. The van der Waals surface area contributed by atoms with Crippen LogP contribution in [0.3, 0.4) is 0 Å². The van der Waals surface area contributed by atoms with E-state index in [1.807, 2.05) is 0 Å². The molecule has 0 aliphatic carbocycles. The van der Waals surface area contributed by atoms with Crippen LogP contribution in [0, 0.1) is 0 Å². The van der Waals surface area contributed by atoms with Crippen LogP contribution in [0.2, 0.25) is 0 Å². The fraction of sp³-hybridized carbons (Fsp3) is 0.158. The Hall–Kier alpha value is -3.29. The molecule has 8 heteroatoms. The molecule has 0 atom stereocenters. The van der Waals surface area contributed by atoms with Gasteiger partial charge in [-0.05, 0) is 35.9 Å². The molecule has 0 fully saturated rings. The summed E-state index contributed by atoms with van der Waals surface area (Å²) in [6, 6.07) is 10.6. The first-order valence-electron chi connectivity index (χ1n) is 7.94. The standard InChI is InChI=1S/C19H15F3N2O3/c1-24-15-10-14(6-7-16(15)27-11-17(24)25)23-18(26)13-4-2-12(3-5-13)8-9-19(20,21)22/h2-10H,11H2,1H3,(H,23,26)/b9-8+. The predicted octanol–water partition coefficient (Wildman–Crippen LogP) is 3.87. The van der Waals surface area contributed by atoms with Crippen LogP contribution in [0.1, 0.15) is 15.9 Å². The summed E-state index contributed by atoms with van der Waals surface area (Å²) in [6.07, 6.45) is -3.33. The number of nitrogens with zero attached hydrogens (tertiary/aromatic N) is 1. The van der Waals surface area contributed by atoms with Crippen LogP contribution < -0.4 is 15.0 Å². The molecule has 0 aromatic heterocycles. The largest absolute Gasteiger partial charge is 0.482 e. The van der Waals surface area contributed by atoms with Gasteiger partial charge in [0, 0.05) is 24.4 Å². The number of halogens is 3. The molecule has 5 nitrogen and oxygen atoms in total. The molecule has 2 amide bonds. The highest BCUT2D eigenvalue weighted by Gasteiger charge is 2.23. The Morgan fingerprint density at radius 3 is 2.56 bits per heavy atom. The van der Waals surface area contributed by atoms with Crippen molar-refractivity contribution in [2.75, 3.05) is 23.9 Å². The summed E-state index contributed by atoms with van der Waals surface area (Å²) in [6.45, 7) is -0.0374. The minimum absolute atomic E-state index is 0.0374. The van der Waals surface area contributed by atoms with Crippen molar-refractivity contribution < 1.29 is 27.5 Å². The van der Waals surface area contributed by atoms with Crippen molar-refractivity contribution in [3.8, 4) is 5.75 Å². The maximum Gasteiger partial charge on any atom is 0.409 e. The second-order valence-corrected chi connectivity index (χ2v) is 5.88. The van der Waals surface area contributed by atoms with Gasteiger partial charge in [-0.3, -0.25) is 9.59 Å². The summed E-state index contributed by atoms with van der Waals surface area (Å²) in [7, 11) is 1.61. The Balaban J connectivity index is 1.72. The molecule has 1 heterocycles. The Morgan fingerprint density at radius 1 is 1.19 bits per heavy atom. The van der Waals surface area contributed by atoms with Crippen LogP contribution in [-0.4, -0.2) is 31.6 Å². The van der Waals surface area contributed by atoms with Crippen LogP contribution in [0.25, 0.3) is 6.08 Å². The number of anilines is 2. The van der Waals surface area contributed by atoms with E-state index < -0.39 is 12.1 Å². The molecule has 2 aromatic rings. The zero-order valence-corrected chi connectivity index (χ0v) is 14.2. The molecule has 1 aliphatic rings. The van der Waals surface area contributed by atoms with E-state index in [-0.39, 0.29) is 24.2 Å². The average Bonchev–Trinajstić information content (AvgIpc) is 2.63. The molecule has 140 valence electrons. The number of hydrogen-bond acceptors (Lipinski definition) is 3. The fourth-order valence-electron chi connectivity index (χ4n) is 2.49. The fourth-order valence-corrected chi connectivity index (χ4v) is 2.49. The van der Waals surface area contributed by atoms with Gasteiger partial charge in [0.2, 0.25) is 0 Å². The number of allylic oxidation sites excluding steroid dienone is 1. The first kappa shape index (κ1) is 18.5. The first-order valence-corrected chi connectivity index (χ1v) is 7.94. The number of nitrogens with one attached hydrogen (secondary N) is 1. The van der Waals surface area contributed by atoms with Gasteiger partial charge in [-0.15, -0.1) is 0 Å². The molecule has 0 bridgehead atoms. The maximum absolute atomic E-state index is 12.3. The summed E-state index contributed by atoms with van der Waals surface area (Å²) in [5.74, 6) is -0.0867. The smallest absolute Gasteiger partial charge is 0.409 e. The van der Waals surface area contributed by atoms with Crippen LogP contribution in [-0.2, 0) is 4.79 Å². The van der Waals surface area contributed by atoms with Gasteiger partial charge in [0.25, 0.3) is 11.8 Å². The number of ether oxygens (including phenoxy) is 1. The van der Waals surface area contributed by atoms with Crippen molar-refractivity contribution in [1.82, 2.24) is 0 Å². The van der Waals surface area contributed by atoms with Crippen molar-refractivity contribution in [3.05, 3.63) is 59.7 Å². The normalized spacial score (nSPS) is 14.1. The molecule has 0 saturated carbocycles. The lowest BCUT2D eigenvalue weighted by Gasteiger charge is -2.26. The highest BCUT2D eigenvalue weighted by molar-refractivity contribution is 6.05. The number of benzene rings is 2. The van der Waals surface area contributed by atoms with E-state index in [2.05, 4.69) is 5.32 Å². The van der Waals surface area contributed by atoms with Gasteiger partial charge >= 0.3 is 6.18 Å². The molecular weight excluding hydrogens is 361 g/mol. The van der Waals surface area contributed by atoms with E-state index in [1.54, 1.807) is 25.2 Å². The van der Waals surface area contributed by atoms with Crippen molar-refractivity contribution in [2.45, 2.75) is 6.18 Å². The predicted molar refractivity (Wildman–Crippen MR) is 94.8 cm³/mol. The number of hydrogen-bond donors (Lipinski definition) is 1. The van der Waals surface area contributed by atoms with Gasteiger partial charge in [0.1, 0.15) is 5.75 Å². The SMILES string of the molecule is CN1C(=O)COc2ccc(NC(=O)c3ccc(/C=C/C(F)(F)F)cc3)cc21. The molecule has 3 rings (SSSR count). The summed E-state index contributed by atoms with van der Waals surface area (Å²) in [5, 5.41) is 2.69. The third kappa shape index (κ3) is 4.46. The summed E-state index contributed by atoms with van der Waals surface area (Å²) in [4.78, 5) is 25.5. The zero-order valence-electron chi connectivity index (χ0n) is 14.2. The number of carbonyl (C=O) groups excluding carboxylic acids is 2. The van der Waals surface area contributed by atoms with E-state index in [1.165, 1.54) is 29.2 Å². The third-order valence-electron chi connectivity index (χ3n) is 3.94. The molecule has 0 unspecified atom stereocenters. The highest BCUT2D eigenvalue weighted by Crippen LogP contribution is 2.33. The number of carbonyl (C=O) groups is 2.